The van der Waals surface area contributed by atoms with Gasteiger partial charge in [-0.15, -0.1) is 0 Å². The molecule has 0 aromatic carbocycles. The minimum Gasteiger partial charge on any atom is -0.343 e. The zero-order chi connectivity index (χ0) is 28.1. The summed E-state index contributed by atoms with van der Waals surface area (Å²) in [5, 5.41) is 1.84. The van der Waals surface area contributed by atoms with E-state index in [1.165, 1.54) is 10.6 Å². The number of rotatable bonds is 5. The minimum absolute atomic E-state index is 0.347. The number of nitrogens with one attached hydrogen (secondary N) is 2. The Hall–Kier alpha value is -2.37. The molecule has 13 heteroatoms. The summed E-state index contributed by atoms with van der Waals surface area (Å²) in [6.07, 6.45) is -11.6. The normalized spacial score (nSPS) is 22.7. The lowest BCUT2D eigenvalue weighted by molar-refractivity contribution is -0.139. The Balaban J connectivity index is 2.78. The zero-order valence-electron chi connectivity index (χ0n) is 21.6. The first-order valence-corrected chi connectivity index (χ1v) is 6.90. The van der Waals surface area contributed by atoms with Crippen LogP contribution in [0.1, 0.15) is 26.0 Å². The van der Waals surface area contributed by atoms with Gasteiger partial charge in [-0.3, -0.25) is 0 Å². The van der Waals surface area contributed by atoms with E-state index in [1.807, 2.05) is 0 Å². The predicted molar refractivity (Wildman–Crippen MR) is 86.3 cm³/mol. The van der Waals surface area contributed by atoms with Crippen LogP contribution in [0, 0.1) is 0 Å². The van der Waals surface area contributed by atoms with E-state index >= 15 is 0 Å². The lowest BCUT2D eigenvalue weighted by Crippen LogP contribution is -2.35. The van der Waals surface area contributed by atoms with E-state index in [9.17, 15) is 26.3 Å². The van der Waals surface area contributed by atoms with Crippen LogP contribution >= 0.6 is 11.6 Å². The molecule has 0 aliphatic carbocycles. The maximum absolute atomic E-state index is 13.5. The van der Waals surface area contributed by atoms with Crippen molar-refractivity contribution in [3.63, 3.8) is 0 Å². The topological polar surface area (TPSA) is 75.6 Å². The average molecular weight is 424 g/mol. The van der Waals surface area contributed by atoms with Crippen molar-refractivity contribution in [3.05, 3.63) is 23.3 Å². The molecule has 2 atom stereocenters. The van der Waals surface area contributed by atoms with Crippen LogP contribution in [-0.4, -0.2) is 44.3 Å². The second-order valence-electron chi connectivity index (χ2n) is 4.57. The number of pyridine rings is 1. The molecule has 0 spiro atoms. The predicted octanol–water partition coefficient (Wildman–Crippen LogP) is 4.31. The zero-order valence-corrected chi connectivity index (χ0v) is 13.3. The lowest BCUT2D eigenvalue weighted by Gasteiger charge is -2.20. The van der Waals surface area contributed by atoms with Crippen molar-refractivity contribution < 1.29 is 38.7 Å². The third-order valence-electron chi connectivity index (χ3n) is 2.57. The van der Waals surface area contributed by atoms with Gasteiger partial charge in [-0.1, -0.05) is 17.7 Å². The van der Waals surface area contributed by atoms with E-state index < -0.39 is 66.7 Å². The van der Waals surface area contributed by atoms with E-state index in [-0.39, 0.29) is 6.04 Å². The molecule has 2 rings (SSSR count). The first-order valence-electron chi connectivity index (χ1n) is 11.0. The number of halogens is 7. The first kappa shape index (κ1) is 11.5. The van der Waals surface area contributed by atoms with E-state index in [0.29, 0.717) is 0 Å². The van der Waals surface area contributed by atoms with Gasteiger partial charge >= 0.3 is 12.4 Å². The third-order valence-corrected chi connectivity index (χ3v) is 2.76. The van der Waals surface area contributed by atoms with Crippen molar-refractivity contribution in [2.75, 3.05) is 10.6 Å². The molecule has 2 aromatic rings. The summed E-state index contributed by atoms with van der Waals surface area (Å²) in [4.78, 5) is 13.6. The summed E-state index contributed by atoms with van der Waals surface area (Å²) in [5.74, 6) is -3.75. The SMILES string of the molecule is [2H]c1ccc(-c2nc(N[C@]([2H])(C([2H])([2H])[2H])C(F)(F)F)nc(N[C@]([2H])(C([2H])([2H])[2H])C(F)(F)F)n2)nc1Cl. The van der Waals surface area contributed by atoms with Crippen LogP contribution < -0.4 is 10.6 Å². The summed E-state index contributed by atoms with van der Waals surface area (Å²) in [6, 6.07) is -7.37. The first-order chi connectivity index (χ1) is 15.9. The molecule has 2 N–H and O–H groups in total. The highest BCUT2D eigenvalue weighted by Gasteiger charge is 2.38. The fourth-order valence-electron chi connectivity index (χ4n) is 1.46. The smallest absolute Gasteiger partial charge is 0.343 e. The monoisotopic (exact) mass is 423 g/mol. The Morgan fingerprint density at radius 1 is 1.00 bits per heavy atom. The van der Waals surface area contributed by atoms with E-state index in [1.54, 1.807) is 0 Å². The Bertz CT molecular complexity index is 1040. The van der Waals surface area contributed by atoms with Gasteiger partial charge in [-0.05, 0) is 25.8 Å². The van der Waals surface area contributed by atoms with Crippen molar-refractivity contribution in [1.82, 2.24) is 19.9 Å². The largest absolute Gasteiger partial charge is 0.408 e. The summed E-state index contributed by atoms with van der Waals surface area (Å²) < 4.78 is 146. The van der Waals surface area contributed by atoms with Crippen LogP contribution in [0.25, 0.3) is 11.5 Å². The van der Waals surface area contributed by atoms with Crippen molar-refractivity contribution in [1.29, 1.82) is 0 Å². The van der Waals surface area contributed by atoms with Gasteiger partial charge in [0.05, 0.1) is 4.11 Å². The molecular weight excluding hydrogens is 402 g/mol. The summed E-state index contributed by atoms with van der Waals surface area (Å²) in [7, 11) is 0. The van der Waals surface area contributed by atoms with E-state index in [4.69, 9.17) is 23.9 Å². The Morgan fingerprint density at radius 2 is 1.52 bits per heavy atom. The molecule has 148 valence electrons. The lowest BCUT2D eigenvalue weighted by atomic mass is 10.3. The Morgan fingerprint density at radius 3 is 1.93 bits per heavy atom. The number of anilines is 2. The van der Waals surface area contributed by atoms with Gasteiger partial charge < -0.3 is 10.6 Å². The average Bonchev–Trinajstić information content (AvgIpc) is 2.66. The maximum atomic E-state index is 13.5. The Labute approximate surface area is 167 Å². The van der Waals surface area contributed by atoms with Crippen molar-refractivity contribution in [2.24, 2.45) is 0 Å². The second-order valence-corrected chi connectivity index (χ2v) is 4.93. The molecule has 0 fully saturated rings. The molecule has 0 saturated heterocycles. The second kappa shape index (κ2) is 7.71. The molecule has 0 saturated carbocycles. The van der Waals surface area contributed by atoms with Crippen LogP contribution in [0.5, 0.6) is 0 Å². The summed E-state index contributed by atoms with van der Waals surface area (Å²) >= 11 is 5.69. The molecule has 6 nitrogen and oxygen atoms in total. The van der Waals surface area contributed by atoms with Crippen LogP contribution in [0.4, 0.5) is 38.2 Å². The van der Waals surface area contributed by atoms with Gasteiger partial charge in [0.2, 0.25) is 11.9 Å². The van der Waals surface area contributed by atoms with Crippen LogP contribution in [0.15, 0.2) is 18.2 Å². The minimum atomic E-state index is -5.81. The molecular formula is C14H13ClF6N6. The van der Waals surface area contributed by atoms with Gasteiger partial charge in [-0.25, -0.2) is 4.98 Å². The van der Waals surface area contributed by atoms with E-state index in [2.05, 4.69) is 19.9 Å². The van der Waals surface area contributed by atoms with Gasteiger partial charge in [0, 0.05) is 8.22 Å². The van der Waals surface area contributed by atoms with Crippen molar-refractivity contribution >= 4 is 23.5 Å². The van der Waals surface area contributed by atoms with E-state index in [0.717, 1.165) is 12.1 Å². The molecule has 0 aliphatic heterocycles. The number of aromatic nitrogens is 4. The number of nitrogens with zero attached hydrogens (tertiary/aromatic N) is 4. The van der Waals surface area contributed by atoms with Crippen LogP contribution in [0.3, 0.4) is 0 Å². The fraction of sp³-hybridized carbons (Fsp3) is 0.429. The van der Waals surface area contributed by atoms with Crippen molar-refractivity contribution in [2.45, 2.75) is 38.1 Å². The van der Waals surface area contributed by atoms with Gasteiger partial charge in [0.1, 0.15) is 22.9 Å². The molecule has 0 unspecified atom stereocenters. The molecule has 0 bridgehead atoms. The van der Waals surface area contributed by atoms with Gasteiger partial charge in [-0.2, -0.15) is 41.3 Å². The maximum Gasteiger partial charge on any atom is 0.408 e. The molecule has 2 aromatic heterocycles. The van der Waals surface area contributed by atoms with Gasteiger partial charge in [0.15, 0.2) is 5.82 Å². The molecule has 0 aliphatic rings. The molecule has 0 radical (unpaired) electrons. The van der Waals surface area contributed by atoms with Crippen LogP contribution in [-0.2, 0) is 0 Å². The third kappa shape index (κ3) is 5.81. The standard InChI is InChI=1S/C14H13ClF6N6/c1-6(13(16,17)18)22-11-25-10(8-4-3-5-9(15)24-8)26-12(27-11)23-7(2)14(19,20)21/h3-7H,1-2H3,(H2,22,23,25,26,27)/t6-,7-/m1/s1/i1D3,2D3,5D,6D,7D. The van der Waals surface area contributed by atoms with Gasteiger partial charge in [0.25, 0.3) is 0 Å². The summed E-state index contributed by atoms with van der Waals surface area (Å²) in [5.41, 5.74) is -0.475. The fourth-order valence-corrected chi connectivity index (χ4v) is 1.61. The molecule has 0 amide bonds. The highest BCUT2D eigenvalue weighted by Crippen LogP contribution is 2.26. The quantitative estimate of drug-likeness (QED) is 0.551. The number of hydrogen-bond donors (Lipinski definition) is 2. The Kier molecular flexibility index (Phi) is 3.27. The molecule has 2 heterocycles. The highest BCUT2D eigenvalue weighted by atomic mass is 35.5. The van der Waals surface area contributed by atoms with Crippen molar-refractivity contribution in [3.8, 4) is 11.5 Å². The number of alkyl halides is 6. The highest BCUT2D eigenvalue weighted by molar-refractivity contribution is 6.29. The van der Waals surface area contributed by atoms with Crippen LogP contribution in [0.2, 0.25) is 5.15 Å². The number of hydrogen-bond acceptors (Lipinski definition) is 6. The summed E-state index contributed by atoms with van der Waals surface area (Å²) in [6.45, 7) is -8.24. The molecule has 27 heavy (non-hydrogen) atoms.